The zero-order valence-electron chi connectivity index (χ0n) is 31.2. The maximum Gasteiger partial charge on any atom is 0.153 e. The molecule has 0 aliphatic heterocycles. The highest BCUT2D eigenvalue weighted by Gasteiger charge is 2.25. The van der Waals surface area contributed by atoms with E-state index in [9.17, 15) is 15.0 Å². The molecule has 0 aliphatic rings. The van der Waals surface area contributed by atoms with E-state index in [0.29, 0.717) is 75.8 Å². The van der Waals surface area contributed by atoms with E-state index in [1.165, 1.54) is 0 Å². The predicted octanol–water partition coefficient (Wildman–Crippen LogP) is 13.2. The Balaban J connectivity index is 0.000000179. The summed E-state index contributed by atoms with van der Waals surface area (Å²) in [6, 6.07) is 29.8. The molecule has 8 aromatic rings. The van der Waals surface area contributed by atoms with Crippen LogP contribution in [-0.4, -0.2) is 36.4 Å². The zero-order valence-corrected chi connectivity index (χ0v) is 35.8. The van der Waals surface area contributed by atoms with Gasteiger partial charge in [-0.25, -0.2) is 9.97 Å². The van der Waals surface area contributed by atoms with Crippen LogP contribution in [0.2, 0.25) is 30.1 Å². The first-order valence-corrected chi connectivity index (χ1v) is 19.7. The molecule has 1 unspecified atom stereocenters. The molecule has 8 rings (SSSR count). The number of halogens is 6. The number of pyridine rings is 4. The minimum Gasteiger partial charge on any atom is -0.506 e. The number of para-hydroxylation sites is 1. The van der Waals surface area contributed by atoms with Crippen molar-refractivity contribution in [1.82, 2.24) is 19.9 Å². The van der Waals surface area contributed by atoms with E-state index in [2.05, 4.69) is 25.3 Å². The number of aromatic nitrogens is 4. The van der Waals surface area contributed by atoms with Crippen molar-refractivity contribution in [1.29, 1.82) is 0 Å². The van der Waals surface area contributed by atoms with Gasteiger partial charge < -0.3 is 21.3 Å². The molecular formula is C44H34Cl6N6O3. The number of carbonyl (C=O) groups is 1. The van der Waals surface area contributed by atoms with Gasteiger partial charge in [0.1, 0.15) is 34.2 Å². The average Bonchev–Trinajstić information content (AvgIpc) is 3.22. The number of carbonyl (C=O) groups excluding carboxylic acids is 1. The van der Waals surface area contributed by atoms with Crippen LogP contribution in [0.3, 0.4) is 0 Å². The average molecular weight is 908 g/mol. The second kappa shape index (κ2) is 21.0. The lowest BCUT2D eigenvalue weighted by molar-refractivity contribution is 0.112. The van der Waals surface area contributed by atoms with Gasteiger partial charge in [0.05, 0.1) is 31.7 Å². The lowest BCUT2D eigenvalue weighted by Gasteiger charge is -2.24. The molecule has 0 amide bonds. The Morgan fingerprint density at radius 3 is 1.68 bits per heavy atom. The monoisotopic (exact) mass is 904 g/mol. The summed E-state index contributed by atoms with van der Waals surface area (Å²) < 4.78 is 0. The number of phenols is 2. The fourth-order valence-electron chi connectivity index (χ4n) is 5.51. The van der Waals surface area contributed by atoms with Gasteiger partial charge in [-0.15, -0.1) is 0 Å². The Hall–Kier alpha value is -5.39. The third-order valence-electron chi connectivity index (χ3n) is 8.51. The number of nitrogen functional groups attached to an aromatic ring is 1. The molecule has 0 saturated carbocycles. The number of nitrogens with two attached hydrogens (primary N) is 1. The van der Waals surface area contributed by atoms with Gasteiger partial charge in [-0.1, -0.05) is 118 Å². The summed E-state index contributed by atoms with van der Waals surface area (Å²) in [5.74, 6) is 1.38. The third kappa shape index (κ3) is 11.6. The van der Waals surface area contributed by atoms with Crippen LogP contribution in [0.4, 0.5) is 11.6 Å². The van der Waals surface area contributed by atoms with Crippen molar-refractivity contribution in [2.24, 2.45) is 0 Å². The Kier molecular flexibility index (Phi) is 15.9. The Morgan fingerprint density at radius 1 is 0.610 bits per heavy atom. The van der Waals surface area contributed by atoms with Gasteiger partial charge in [-0.3, -0.25) is 14.8 Å². The molecule has 4 aromatic carbocycles. The summed E-state index contributed by atoms with van der Waals surface area (Å²) in [7, 11) is 0. The number of fused-ring (bicyclic) bond motifs is 2. The van der Waals surface area contributed by atoms with E-state index < -0.39 is 6.04 Å². The van der Waals surface area contributed by atoms with E-state index in [-0.39, 0.29) is 11.5 Å². The van der Waals surface area contributed by atoms with Gasteiger partial charge in [-0.2, -0.15) is 0 Å². The number of aldehydes is 1. The lowest BCUT2D eigenvalue weighted by atomic mass is 9.96. The van der Waals surface area contributed by atoms with Crippen LogP contribution in [0, 0.1) is 13.8 Å². The van der Waals surface area contributed by atoms with Gasteiger partial charge in [0.25, 0.3) is 0 Å². The summed E-state index contributed by atoms with van der Waals surface area (Å²) in [6.07, 6.45) is 7.08. The Bertz CT molecular complexity index is 2690. The third-order valence-corrected chi connectivity index (χ3v) is 10.6. The molecular weight excluding hydrogens is 873 g/mol. The fourth-order valence-corrected chi connectivity index (χ4v) is 6.82. The molecule has 0 saturated heterocycles. The summed E-state index contributed by atoms with van der Waals surface area (Å²) in [5.41, 5.74) is 9.93. The number of benzene rings is 4. The van der Waals surface area contributed by atoms with Crippen LogP contribution in [0.15, 0.2) is 128 Å². The molecule has 15 heteroatoms. The quantitative estimate of drug-likeness (QED) is 0.124. The van der Waals surface area contributed by atoms with Crippen LogP contribution in [-0.2, 0) is 0 Å². The van der Waals surface area contributed by atoms with Crippen LogP contribution in [0.25, 0.3) is 21.8 Å². The maximum atomic E-state index is 11.0. The highest BCUT2D eigenvalue weighted by Crippen LogP contribution is 2.41. The molecule has 4 aromatic heterocycles. The topological polar surface area (TPSA) is 147 Å². The second-order valence-electron chi connectivity index (χ2n) is 12.6. The summed E-state index contributed by atoms with van der Waals surface area (Å²) in [6.45, 7) is 3.78. The second-order valence-corrected chi connectivity index (χ2v) is 15.0. The van der Waals surface area contributed by atoms with Gasteiger partial charge in [0.15, 0.2) is 6.29 Å². The fraction of sp³-hybridized carbons (Fsp3) is 0.0682. The molecule has 0 bridgehead atoms. The number of anilines is 2. The molecule has 0 radical (unpaired) electrons. The SMILES string of the molecule is Cc1cc(N)ncc1Cl.Cc1cc(NC(c2ccc3cccnc3c2O)c2c(Cl)cccc2Cl)ncc1Cl.O=Cc1c(Cl)cccc1Cl.Oc1cccc2cccnc12. The summed E-state index contributed by atoms with van der Waals surface area (Å²) >= 11 is 36.0. The number of nitrogens with zero attached hydrogens (tertiary/aromatic N) is 4. The van der Waals surface area contributed by atoms with Crippen LogP contribution >= 0.6 is 69.6 Å². The Morgan fingerprint density at radius 2 is 1.14 bits per heavy atom. The zero-order chi connectivity index (χ0) is 42.6. The van der Waals surface area contributed by atoms with E-state index in [1.807, 2.05) is 62.4 Å². The normalized spacial score (nSPS) is 10.9. The highest BCUT2D eigenvalue weighted by molar-refractivity contribution is 6.38. The van der Waals surface area contributed by atoms with Crippen molar-refractivity contribution in [3.05, 3.63) is 186 Å². The van der Waals surface area contributed by atoms with E-state index in [1.54, 1.807) is 79.4 Å². The first kappa shape index (κ1) is 44.7. The number of hydrogen-bond acceptors (Lipinski definition) is 9. The lowest BCUT2D eigenvalue weighted by Crippen LogP contribution is -2.15. The van der Waals surface area contributed by atoms with Crippen LogP contribution < -0.4 is 11.1 Å². The molecule has 0 aliphatic carbocycles. The van der Waals surface area contributed by atoms with E-state index in [4.69, 9.17) is 75.3 Å². The van der Waals surface area contributed by atoms with E-state index >= 15 is 0 Å². The van der Waals surface area contributed by atoms with Gasteiger partial charge in [0, 0.05) is 56.7 Å². The number of aromatic hydroxyl groups is 2. The van der Waals surface area contributed by atoms with E-state index in [0.717, 1.165) is 21.9 Å². The van der Waals surface area contributed by atoms with Crippen molar-refractivity contribution in [2.45, 2.75) is 19.9 Å². The first-order valence-electron chi connectivity index (χ1n) is 17.5. The number of rotatable bonds is 5. The smallest absolute Gasteiger partial charge is 0.153 e. The standard InChI is InChI=1S/C22H16Cl3N3O.C9H7NO.C7H4Cl2O.C6H7ClN2/c1-12-10-18(27-11-17(12)25)28-21(19-15(23)5-2-6-16(19)24)14-8-7-13-4-3-9-26-20(13)22(14)29;11-8-5-1-3-7-4-2-6-10-9(7)8;8-6-2-1-3-7(9)5(6)4-10;1-4-2-6(8)9-3-5(4)7/h2-11,21,29H,1H3,(H,27,28);1-6,11H;1-4H;2-3H,1H3,(H2,8,9). The Labute approximate surface area is 370 Å². The molecule has 59 heavy (non-hydrogen) atoms. The van der Waals surface area contributed by atoms with Gasteiger partial charge in [0.2, 0.25) is 0 Å². The van der Waals surface area contributed by atoms with Crippen LogP contribution in [0.5, 0.6) is 11.5 Å². The predicted molar refractivity (Wildman–Crippen MR) is 243 cm³/mol. The largest absolute Gasteiger partial charge is 0.506 e. The van der Waals surface area contributed by atoms with Gasteiger partial charge in [-0.05, 0) is 79.6 Å². The minimum absolute atomic E-state index is 0.0577. The maximum absolute atomic E-state index is 11.0. The molecule has 1 atom stereocenters. The summed E-state index contributed by atoms with van der Waals surface area (Å²) in [5, 5.41) is 28.4. The number of nitrogens with one attached hydrogen (secondary N) is 1. The van der Waals surface area contributed by atoms with Crippen molar-refractivity contribution in [3.63, 3.8) is 0 Å². The molecule has 300 valence electrons. The minimum atomic E-state index is -0.560. The molecule has 0 spiro atoms. The molecule has 9 nitrogen and oxygen atoms in total. The van der Waals surface area contributed by atoms with Gasteiger partial charge >= 0.3 is 0 Å². The molecule has 4 heterocycles. The number of aryl methyl sites for hydroxylation is 2. The highest BCUT2D eigenvalue weighted by atomic mass is 35.5. The van der Waals surface area contributed by atoms with Crippen molar-refractivity contribution < 1.29 is 15.0 Å². The van der Waals surface area contributed by atoms with Crippen LogP contribution in [0.1, 0.15) is 38.7 Å². The van der Waals surface area contributed by atoms with Crippen molar-refractivity contribution in [2.75, 3.05) is 11.1 Å². The summed E-state index contributed by atoms with van der Waals surface area (Å²) in [4.78, 5) is 26.8. The van der Waals surface area contributed by atoms with Crippen molar-refractivity contribution >= 4 is 109 Å². The first-order chi connectivity index (χ1) is 28.3. The molecule has 5 N–H and O–H groups in total. The number of hydrogen-bond donors (Lipinski definition) is 4. The van der Waals surface area contributed by atoms with Crippen molar-refractivity contribution in [3.8, 4) is 11.5 Å². The number of phenolic OH excluding ortho intramolecular Hbond substituents is 2. The molecule has 0 fully saturated rings.